The van der Waals surface area contributed by atoms with Gasteiger partial charge in [0.1, 0.15) is 11.3 Å². The van der Waals surface area contributed by atoms with E-state index in [0.717, 1.165) is 12.0 Å². The molecule has 0 spiro atoms. The minimum absolute atomic E-state index is 0.0708. The van der Waals surface area contributed by atoms with Crippen LogP contribution in [-0.2, 0) is 0 Å². The van der Waals surface area contributed by atoms with Gasteiger partial charge in [-0.3, -0.25) is 0 Å². The van der Waals surface area contributed by atoms with Crippen LogP contribution in [0.4, 0.5) is 0 Å². The molecule has 1 aliphatic carbocycles. The zero-order valence-corrected chi connectivity index (χ0v) is 14.9. The Kier molecular flexibility index (Phi) is 4.79. The molecule has 1 aromatic heterocycles. The highest BCUT2D eigenvalue weighted by Gasteiger charge is 2.28. The van der Waals surface area contributed by atoms with Crippen molar-refractivity contribution < 1.29 is 9.52 Å². The molecular weight excluding hydrogens is 324 g/mol. The molecule has 2 aromatic carbocycles. The Hall–Kier alpha value is -2.55. The number of hydrogen-bond donors (Lipinski definition) is 1. The van der Waals surface area contributed by atoms with Crippen molar-refractivity contribution >= 4 is 11.0 Å². The zero-order valence-electron chi connectivity index (χ0n) is 14.9. The monoisotopic (exact) mass is 348 g/mol. The SMILES string of the molecule is O=c1oc2ccccc2c(O)c1C(CC1CCCCC1)c1ccccc1. The zero-order chi connectivity index (χ0) is 17.9. The van der Waals surface area contributed by atoms with Crippen LogP contribution in [0.25, 0.3) is 11.0 Å². The van der Waals surface area contributed by atoms with E-state index in [0.29, 0.717) is 22.5 Å². The maximum absolute atomic E-state index is 12.8. The summed E-state index contributed by atoms with van der Waals surface area (Å²) in [5.74, 6) is 0.515. The van der Waals surface area contributed by atoms with Crippen LogP contribution in [0.2, 0.25) is 0 Å². The molecule has 1 atom stereocenters. The number of rotatable bonds is 4. The van der Waals surface area contributed by atoms with E-state index >= 15 is 0 Å². The van der Waals surface area contributed by atoms with Crippen LogP contribution in [0.15, 0.2) is 63.8 Å². The van der Waals surface area contributed by atoms with E-state index in [1.54, 1.807) is 18.2 Å². The number of fused-ring (bicyclic) bond motifs is 1. The van der Waals surface area contributed by atoms with Crippen LogP contribution in [0.5, 0.6) is 5.75 Å². The number of aromatic hydroxyl groups is 1. The van der Waals surface area contributed by atoms with Crippen molar-refractivity contribution in [2.75, 3.05) is 0 Å². The molecule has 1 aliphatic rings. The van der Waals surface area contributed by atoms with Crippen molar-refractivity contribution in [2.24, 2.45) is 5.92 Å². The fourth-order valence-electron chi connectivity index (χ4n) is 4.32. The molecule has 3 heteroatoms. The van der Waals surface area contributed by atoms with Gasteiger partial charge in [-0.15, -0.1) is 0 Å². The molecular formula is C23H24O3. The van der Waals surface area contributed by atoms with Crippen molar-refractivity contribution in [1.29, 1.82) is 0 Å². The Morgan fingerprint density at radius 1 is 0.962 bits per heavy atom. The summed E-state index contributed by atoms with van der Waals surface area (Å²) in [6, 6.07) is 17.2. The molecule has 0 aliphatic heterocycles. The Labute approximate surface area is 153 Å². The van der Waals surface area contributed by atoms with Crippen molar-refractivity contribution in [1.82, 2.24) is 0 Å². The molecule has 1 unspecified atom stereocenters. The predicted molar refractivity (Wildman–Crippen MR) is 104 cm³/mol. The van der Waals surface area contributed by atoms with E-state index in [4.69, 9.17) is 4.42 Å². The Balaban J connectivity index is 1.83. The van der Waals surface area contributed by atoms with Gasteiger partial charge in [0, 0.05) is 5.92 Å². The number of benzene rings is 2. The first-order valence-electron chi connectivity index (χ1n) is 9.53. The first kappa shape index (κ1) is 16.9. The maximum atomic E-state index is 12.8. The van der Waals surface area contributed by atoms with E-state index in [-0.39, 0.29) is 11.7 Å². The molecule has 3 nitrogen and oxygen atoms in total. The average Bonchev–Trinajstić information content (AvgIpc) is 2.69. The minimum atomic E-state index is -0.425. The van der Waals surface area contributed by atoms with Crippen molar-refractivity contribution in [3.8, 4) is 5.75 Å². The third-order valence-electron chi connectivity index (χ3n) is 5.66. The highest BCUT2D eigenvalue weighted by Crippen LogP contribution is 2.40. The summed E-state index contributed by atoms with van der Waals surface area (Å²) in [7, 11) is 0. The Morgan fingerprint density at radius 3 is 2.42 bits per heavy atom. The minimum Gasteiger partial charge on any atom is -0.507 e. The second-order valence-corrected chi connectivity index (χ2v) is 7.35. The molecule has 26 heavy (non-hydrogen) atoms. The summed E-state index contributed by atoms with van der Waals surface area (Å²) in [6.07, 6.45) is 7.08. The molecule has 1 saturated carbocycles. The first-order chi connectivity index (χ1) is 12.7. The molecule has 134 valence electrons. The van der Waals surface area contributed by atoms with Crippen LogP contribution < -0.4 is 5.63 Å². The molecule has 4 rings (SSSR count). The van der Waals surface area contributed by atoms with Crippen LogP contribution in [0, 0.1) is 5.92 Å². The number of para-hydroxylation sites is 1. The van der Waals surface area contributed by atoms with Crippen LogP contribution in [0.1, 0.15) is 55.6 Å². The predicted octanol–water partition coefficient (Wildman–Crippen LogP) is 5.60. The van der Waals surface area contributed by atoms with Gasteiger partial charge in [-0.1, -0.05) is 74.6 Å². The standard InChI is InChI=1S/C23H24O3/c24-22-18-13-7-8-14-20(18)26-23(25)21(22)19(17-11-5-2-6-12-17)15-16-9-3-1-4-10-16/h2,5-8,11-14,16,19,24H,1,3-4,9-10,15H2. The largest absolute Gasteiger partial charge is 0.507 e. The van der Waals surface area contributed by atoms with Gasteiger partial charge >= 0.3 is 5.63 Å². The number of hydrogen-bond acceptors (Lipinski definition) is 3. The highest BCUT2D eigenvalue weighted by atomic mass is 16.4. The molecule has 1 heterocycles. The van der Waals surface area contributed by atoms with Crippen LogP contribution >= 0.6 is 0 Å². The van der Waals surface area contributed by atoms with Gasteiger partial charge < -0.3 is 9.52 Å². The lowest BCUT2D eigenvalue weighted by atomic mass is 9.78. The van der Waals surface area contributed by atoms with Gasteiger partial charge in [-0.2, -0.15) is 0 Å². The molecule has 0 bridgehead atoms. The highest BCUT2D eigenvalue weighted by molar-refractivity contribution is 5.84. The van der Waals surface area contributed by atoms with E-state index in [9.17, 15) is 9.90 Å². The average molecular weight is 348 g/mol. The van der Waals surface area contributed by atoms with Gasteiger partial charge in [0.2, 0.25) is 0 Å². The lowest BCUT2D eigenvalue weighted by Crippen LogP contribution is -2.18. The van der Waals surface area contributed by atoms with Gasteiger partial charge in [-0.05, 0) is 30.0 Å². The molecule has 3 aromatic rings. The second kappa shape index (κ2) is 7.36. The van der Waals surface area contributed by atoms with Crippen LogP contribution in [-0.4, -0.2) is 5.11 Å². The Bertz CT molecular complexity index is 937. The summed E-state index contributed by atoms with van der Waals surface area (Å²) in [4.78, 5) is 12.8. The molecule has 1 N–H and O–H groups in total. The molecule has 0 amide bonds. The lowest BCUT2D eigenvalue weighted by molar-refractivity contribution is 0.323. The molecule has 0 saturated heterocycles. The smallest absolute Gasteiger partial charge is 0.343 e. The Morgan fingerprint density at radius 2 is 1.65 bits per heavy atom. The molecule has 1 fully saturated rings. The second-order valence-electron chi connectivity index (χ2n) is 7.35. The summed E-state index contributed by atoms with van der Waals surface area (Å²) in [6.45, 7) is 0. The summed E-state index contributed by atoms with van der Waals surface area (Å²) in [5.41, 5.74) is 1.48. The quantitative estimate of drug-likeness (QED) is 0.624. The maximum Gasteiger partial charge on any atom is 0.343 e. The summed E-state index contributed by atoms with van der Waals surface area (Å²) < 4.78 is 5.55. The van der Waals surface area contributed by atoms with E-state index in [1.165, 1.54) is 32.1 Å². The first-order valence-corrected chi connectivity index (χ1v) is 9.53. The van der Waals surface area contributed by atoms with Crippen molar-refractivity contribution in [3.63, 3.8) is 0 Å². The summed E-state index contributed by atoms with van der Waals surface area (Å²) >= 11 is 0. The summed E-state index contributed by atoms with van der Waals surface area (Å²) in [5, 5.41) is 11.5. The van der Waals surface area contributed by atoms with E-state index in [1.807, 2.05) is 36.4 Å². The van der Waals surface area contributed by atoms with Gasteiger partial charge in [0.15, 0.2) is 0 Å². The normalized spacial score (nSPS) is 16.6. The topological polar surface area (TPSA) is 50.4 Å². The molecule has 0 radical (unpaired) electrons. The van der Waals surface area contributed by atoms with E-state index < -0.39 is 5.63 Å². The fourth-order valence-corrected chi connectivity index (χ4v) is 4.32. The van der Waals surface area contributed by atoms with Crippen LogP contribution in [0.3, 0.4) is 0 Å². The van der Waals surface area contributed by atoms with Crippen molar-refractivity contribution in [2.45, 2.75) is 44.4 Å². The fraction of sp³-hybridized carbons (Fsp3) is 0.348. The lowest BCUT2D eigenvalue weighted by Gasteiger charge is -2.27. The van der Waals surface area contributed by atoms with Gasteiger partial charge in [0.25, 0.3) is 0 Å². The third kappa shape index (κ3) is 3.26. The van der Waals surface area contributed by atoms with Crippen molar-refractivity contribution in [3.05, 3.63) is 76.1 Å². The van der Waals surface area contributed by atoms with Gasteiger partial charge in [0.05, 0.1) is 10.9 Å². The van der Waals surface area contributed by atoms with Gasteiger partial charge in [-0.25, -0.2) is 4.79 Å². The third-order valence-corrected chi connectivity index (χ3v) is 5.66. The van der Waals surface area contributed by atoms with E-state index in [2.05, 4.69) is 0 Å².